The lowest BCUT2D eigenvalue weighted by Gasteiger charge is -1.99. The van der Waals surface area contributed by atoms with Gasteiger partial charge in [0.1, 0.15) is 27.8 Å². The average molecular weight is 293 g/mol. The Kier molecular flexibility index (Phi) is 3.04. The fourth-order valence-corrected chi connectivity index (χ4v) is 3.82. The Morgan fingerprint density at radius 3 is 2.20 bits per heavy atom. The van der Waals surface area contributed by atoms with Gasteiger partial charge < -0.3 is 0 Å². The fraction of sp³-hybridized carbons (Fsp3) is 0. The molecule has 1 aliphatic rings. The van der Waals surface area contributed by atoms with Crippen molar-refractivity contribution < 1.29 is 0 Å². The van der Waals surface area contributed by atoms with E-state index in [1.807, 2.05) is 12.1 Å². The topological polar surface area (TPSA) is 97.1 Å². The minimum absolute atomic E-state index is 0.0709. The first-order valence-corrected chi connectivity index (χ1v) is 7.00. The maximum atomic E-state index is 8.89. The Bertz CT molecular complexity index is 880. The molecule has 1 aromatic heterocycles. The SMILES string of the molecule is N#CC(C#N)=C1Sc2nc3ccc(C#N)cc3nc2S1. The molecule has 2 heterocycles. The van der Waals surface area contributed by atoms with Gasteiger partial charge in [-0.1, -0.05) is 23.5 Å². The summed E-state index contributed by atoms with van der Waals surface area (Å²) in [5, 5.41) is 28.0. The van der Waals surface area contributed by atoms with Gasteiger partial charge in [-0.25, -0.2) is 9.97 Å². The third-order valence-corrected chi connectivity index (χ3v) is 4.90. The monoisotopic (exact) mass is 293 g/mol. The van der Waals surface area contributed by atoms with E-state index in [1.165, 1.54) is 23.5 Å². The second-order valence-corrected chi connectivity index (χ2v) is 6.00. The van der Waals surface area contributed by atoms with Gasteiger partial charge in [0.2, 0.25) is 0 Å². The van der Waals surface area contributed by atoms with E-state index in [9.17, 15) is 0 Å². The molecule has 1 aliphatic heterocycles. The largest absolute Gasteiger partial charge is 0.237 e. The summed E-state index contributed by atoms with van der Waals surface area (Å²) in [7, 11) is 0. The maximum absolute atomic E-state index is 8.89. The third kappa shape index (κ3) is 1.98. The molecule has 0 atom stereocenters. The van der Waals surface area contributed by atoms with E-state index < -0.39 is 0 Å². The molecule has 3 rings (SSSR count). The number of aromatic nitrogens is 2. The Labute approximate surface area is 122 Å². The second-order valence-electron chi connectivity index (χ2n) is 3.74. The number of hydrogen-bond donors (Lipinski definition) is 0. The maximum Gasteiger partial charge on any atom is 0.150 e. The van der Waals surface area contributed by atoms with Crippen LogP contribution < -0.4 is 0 Å². The summed E-state index contributed by atoms with van der Waals surface area (Å²) in [5.74, 6) is 0. The zero-order valence-corrected chi connectivity index (χ0v) is 11.4. The van der Waals surface area contributed by atoms with Gasteiger partial charge in [0.25, 0.3) is 0 Å². The highest BCUT2D eigenvalue weighted by molar-refractivity contribution is 8.24. The number of rotatable bonds is 0. The van der Waals surface area contributed by atoms with Gasteiger partial charge in [-0.2, -0.15) is 15.8 Å². The Morgan fingerprint density at radius 1 is 0.950 bits per heavy atom. The van der Waals surface area contributed by atoms with E-state index in [2.05, 4.69) is 16.0 Å². The summed E-state index contributed by atoms with van der Waals surface area (Å²) < 4.78 is 0.598. The van der Waals surface area contributed by atoms with Crippen molar-refractivity contribution in [1.29, 1.82) is 15.8 Å². The molecule has 92 valence electrons. The first-order valence-electron chi connectivity index (χ1n) is 5.37. The zero-order chi connectivity index (χ0) is 14.1. The van der Waals surface area contributed by atoms with Gasteiger partial charge in [0.15, 0.2) is 0 Å². The zero-order valence-electron chi connectivity index (χ0n) is 9.78. The first kappa shape index (κ1) is 12.5. The Balaban J connectivity index is 2.15. The molecule has 0 unspecified atom stereocenters. The van der Waals surface area contributed by atoms with E-state index in [-0.39, 0.29) is 5.57 Å². The van der Waals surface area contributed by atoms with E-state index >= 15 is 0 Å². The normalized spacial score (nSPS) is 12.3. The number of thioether (sulfide) groups is 2. The number of fused-ring (bicyclic) bond motifs is 2. The lowest BCUT2D eigenvalue weighted by Crippen LogP contribution is -1.88. The highest BCUT2D eigenvalue weighted by Gasteiger charge is 2.24. The van der Waals surface area contributed by atoms with Gasteiger partial charge in [-0.3, -0.25) is 0 Å². The van der Waals surface area contributed by atoms with Crippen molar-refractivity contribution in [2.75, 3.05) is 0 Å². The third-order valence-electron chi connectivity index (χ3n) is 2.54. The molecular formula is C13H3N5S2. The van der Waals surface area contributed by atoms with E-state index in [0.717, 1.165) is 0 Å². The van der Waals surface area contributed by atoms with Crippen LogP contribution in [0, 0.1) is 34.0 Å². The van der Waals surface area contributed by atoms with E-state index in [1.54, 1.807) is 18.2 Å². The molecule has 0 saturated carbocycles. The van der Waals surface area contributed by atoms with Crippen LogP contribution in [0.3, 0.4) is 0 Å². The summed E-state index contributed by atoms with van der Waals surface area (Å²) in [6.07, 6.45) is 0. The minimum Gasteiger partial charge on any atom is -0.237 e. The Morgan fingerprint density at radius 2 is 1.60 bits per heavy atom. The Hall–Kier alpha value is -2.53. The van der Waals surface area contributed by atoms with Crippen molar-refractivity contribution in [3.8, 4) is 18.2 Å². The highest BCUT2D eigenvalue weighted by atomic mass is 32.2. The summed E-state index contributed by atoms with van der Waals surface area (Å²) in [6, 6.07) is 10.9. The molecule has 0 saturated heterocycles. The number of nitriles is 3. The van der Waals surface area contributed by atoms with Crippen molar-refractivity contribution in [3.05, 3.63) is 33.6 Å². The van der Waals surface area contributed by atoms with Crippen molar-refractivity contribution in [2.24, 2.45) is 0 Å². The van der Waals surface area contributed by atoms with Gasteiger partial charge in [-0.05, 0) is 18.2 Å². The molecular weight excluding hydrogens is 290 g/mol. The predicted octanol–water partition coefficient (Wildman–Crippen LogP) is 2.96. The van der Waals surface area contributed by atoms with Crippen molar-refractivity contribution in [3.63, 3.8) is 0 Å². The summed E-state index contributed by atoms with van der Waals surface area (Å²) in [5.41, 5.74) is 1.91. The van der Waals surface area contributed by atoms with Crippen LogP contribution in [0.5, 0.6) is 0 Å². The molecule has 0 fully saturated rings. The van der Waals surface area contributed by atoms with Crippen LogP contribution in [0.25, 0.3) is 11.0 Å². The van der Waals surface area contributed by atoms with Crippen LogP contribution in [-0.4, -0.2) is 9.97 Å². The predicted molar refractivity (Wildman–Crippen MR) is 74.2 cm³/mol. The standard InChI is InChI=1S/C13H3N5S2/c14-4-7-1-2-9-10(3-7)18-12-11(17-9)19-13(20-12)8(5-15)6-16/h1-3H. The number of hydrogen-bond acceptors (Lipinski definition) is 7. The average Bonchev–Trinajstić information content (AvgIpc) is 2.87. The van der Waals surface area contributed by atoms with Crippen molar-refractivity contribution in [1.82, 2.24) is 9.97 Å². The molecule has 0 N–H and O–H groups in total. The van der Waals surface area contributed by atoms with Gasteiger partial charge in [0, 0.05) is 0 Å². The summed E-state index contributed by atoms with van der Waals surface area (Å²) >= 11 is 2.54. The van der Waals surface area contributed by atoms with Crippen molar-refractivity contribution in [2.45, 2.75) is 10.1 Å². The minimum atomic E-state index is 0.0709. The smallest absolute Gasteiger partial charge is 0.150 e. The quantitative estimate of drug-likeness (QED) is 0.689. The molecule has 0 spiro atoms. The molecule has 1 aromatic carbocycles. The van der Waals surface area contributed by atoms with Crippen LogP contribution >= 0.6 is 23.5 Å². The molecule has 0 aliphatic carbocycles. The summed E-state index contributed by atoms with van der Waals surface area (Å²) in [4.78, 5) is 8.89. The molecule has 20 heavy (non-hydrogen) atoms. The van der Waals surface area contributed by atoms with Crippen LogP contribution in [0.1, 0.15) is 5.56 Å². The number of benzene rings is 1. The lowest BCUT2D eigenvalue weighted by molar-refractivity contribution is 0.981. The van der Waals surface area contributed by atoms with Crippen LogP contribution in [0.2, 0.25) is 0 Å². The second kappa shape index (κ2) is 4.86. The van der Waals surface area contributed by atoms with E-state index in [4.69, 9.17) is 15.8 Å². The van der Waals surface area contributed by atoms with Crippen molar-refractivity contribution >= 4 is 34.6 Å². The molecule has 0 radical (unpaired) electrons. The number of allylic oxidation sites excluding steroid dienone is 1. The van der Waals surface area contributed by atoms with Crippen LogP contribution in [0.15, 0.2) is 38.1 Å². The van der Waals surface area contributed by atoms with Gasteiger partial charge in [0.05, 0.1) is 26.9 Å². The molecule has 2 aromatic rings. The van der Waals surface area contributed by atoms with Gasteiger partial charge >= 0.3 is 0 Å². The van der Waals surface area contributed by atoms with Crippen LogP contribution in [0.4, 0.5) is 0 Å². The number of nitrogens with zero attached hydrogens (tertiary/aromatic N) is 5. The molecule has 0 bridgehead atoms. The molecule has 7 heteroatoms. The van der Waals surface area contributed by atoms with Crippen LogP contribution in [-0.2, 0) is 0 Å². The lowest BCUT2D eigenvalue weighted by atomic mass is 10.2. The molecule has 0 amide bonds. The first-order chi connectivity index (χ1) is 9.75. The fourth-order valence-electron chi connectivity index (χ4n) is 1.64. The van der Waals surface area contributed by atoms with Gasteiger partial charge in [-0.15, -0.1) is 0 Å². The molecule has 5 nitrogen and oxygen atoms in total. The highest BCUT2D eigenvalue weighted by Crippen LogP contribution is 2.50. The summed E-state index contributed by atoms with van der Waals surface area (Å²) in [6.45, 7) is 0. The van der Waals surface area contributed by atoms with E-state index in [0.29, 0.717) is 30.9 Å².